The number of ether oxygens (including phenoxy) is 1. The van der Waals surface area contributed by atoms with Gasteiger partial charge in [-0.15, -0.1) is 0 Å². The van der Waals surface area contributed by atoms with Crippen molar-refractivity contribution in [1.82, 2.24) is 14.6 Å². The van der Waals surface area contributed by atoms with Gasteiger partial charge in [0.25, 0.3) is 11.8 Å². The molecule has 0 spiro atoms. The molecule has 35 heavy (non-hydrogen) atoms. The van der Waals surface area contributed by atoms with E-state index < -0.39 is 29.9 Å². The largest absolute Gasteiger partial charge is 0.497 e. The highest BCUT2D eigenvalue weighted by atomic mass is 35.5. The Morgan fingerprint density at radius 1 is 1.23 bits per heavy atom. The predicted molar refractivity (Wildman–Crippen MR) is 125 cm³/mol. The van der Waals surface area contributed by atoms with E-state index in [9.17, 15) is 23.3 Å². The number of aromatic nitrogens is 1. The molecule has 0 bridgehead atoms. The van der Waals surface area contributed by atoms with Gasteiger partial charge in [-0.3, -0.25) is 14.4 Å². The maximum atomic E-state index is 14.8. The molecule has 1 saturated heterocycles. The van der Waals surface area contributed by atoms with Crippen molar-refractivity contribution in [3.05, 3.63) is 64.8 Å². The lowest BCUT2D eigenvalue weighted by Crippen LogP contribution is -2.46. The van der Waals surface area contributed by atoms with Crippen LogP contribution in [0.25, 0.3) is 10.9 Å². The average Bonchev–Trinajstić information content (AvgIpc) is 3.39. The van der Waals surface area contributed by atoms with Crippen LogP contribution in [0.4, 0.5) is 8.87 Å². The number of carbonyl (C=O) groups excluding carboxylic acids is 3. The number of hydrogen-bond donors (Lipinski definition) is 1. The van der Waals surface area contributed by atoms with E-state index in [0.29, 0.717) is 27.2 Å². The van der Waals surface area contributed by atoms with Crippen molar-refractivity contribution in [2.24, 2.45) is 5.73 Å². The summed E-state index contributed by atoms with van der Waals surface area (Å²) >= 11 is 5.91. The average molecular weight is 505 g/mol. The number of likely N-dealkylation sites (tertiary alicyclic amines) is 1. The smallest absolute Gasteiger partial charge is 0.273 e. The minimum absolute atomic E-state index is 0.0320. The number of hydrogen-bond acceptors (Lipinski definition) is 4. The fraction of sp³-hybridized carbons (Fsp3) is 0.292. The maximum Gasteiger partial charge on any atom is 0.273 e. The molecule has 8 nitrogen and oxygen atoms in total. The zero-order valence-corrected chi connectivity index (χ0v) is 19.5. The van der Waals surface area contributed by atoms with Crippen molar-refractivity contribution in [2.45, 2.75) is 31.7 Å². The van der Waals surface area contributed by atoms with Crippen LogP contribution in [-0.2, 0) is 22.7 Å². The van der Waals surface area contributed by atoms with E-state index in [1.54, 1.807) is 36.4 Å². The molecule has 2 heterocycles. The van der Waals surface area contributed by atoms with E-state index in [-0.39, 0.29) is 36.7 Å². The predicted octanol–water partition coefficient (Wildman–Crippen LogP) is 3.25. The first kappa shape index (κ1) is 24.5. The van der Waals surface area contributed by atoms with Gasteiger partial charge < -0.3 is 19.9 Å². The monoisotopic (exact) mass is 504 g/mol. The first-order valence-corrected chi connectivity index (χ1v) is 11.2. The number of nitrogens with zero attached hydrogens (tertiary/aromatic N) is 3. The van der Waals surface area contributed by atoms with Crippen LogP contribution in [0.1, 0.15) is 22.3 Å². The standard InChI is InChI=1S/C24H23ClF2N4O4/c1-35-17-5-6-18-19(23(28)33)12-29(20(18)9-17)13-22(32)30-11-16(26)8-21(30)24(34)31(27)10-14-3-2-4-15(25)7-14/h2-7,9,12,16,21H,8,10-11,13H2,1H3,(H2,28,33)/t16-,21+/m1/s1. The zero-order chi connectivity index (χ0) is 25.3. The Morgan fingerprint density at radius 3 is 2.69 bits per heavy atom. The van der Waals surface area contributed by atoms with E-state index >= 15 is 0 Å². The van der Waals surface area contributed by atoms with Crippen molar-refractivity contribution in [1.29, 1.82) is 0 Å². The molecule has 1 aromatic heterocycles. The molecule has 0 aliphatic carbocycles. The lowest BCUT2D eigenvalue weighted by molar-refractivity contribution is -0.156. The highest BCUT2D eigenvalue weighted by Gasteiger charge is 2.42. The minimum Gasteiger partial charge on any atom is -0.497 e. The van der Waals surface area contributed by atoms with E-state index in [0.717, 1.165) is 4.90 Å². The second-order valence-electron chi connectivity index (χ2n) is 8.30. The molecule has 4 rings (SSSR count). The van der Waals surface area contributed by atoms with Gasteiger partial charge in [0.1, 0.15) is 24.5 Å². The third kappa shape index (κ3) is 5.07. The van der Waals surface area contributed by atoms with Crippen molar-refractivity contribution >= 4 is 40.2 Å². The molecule has 2 aromatic carbocycles. The first-order valence-electron chi connectivity index (χ1n) is 10.8. The fourth-order valence-corrected chi connectivity index (χ4v) is 4.51. The number of rotatable bonds is 7. The van der Waals surface area contributed by atoms with Crippen LogP contribution in [0.3, 0.4) is 0 Å². The van der Waals surface area contributed by atoms with Crippen molar-refractivity contribution in [3.63, 3.8) is 0 Å². The Bertz CT molecular complexity index is 1300. The molecule has 0 radical (unpaired) electrons. The number of fused-ring (bicyclic) bond motifs is 1. The topological polar surface area (TPSA) is 97.9 Å². The van der Waals surface area contributed by atoms with E-state index in [1.807, 2.05) is 0 Å². The summed E-state index contributed by atoms with van der Waals surface area (Å²) in [7, 11) is 1.47. The Labute approximate surface area is 204 Å². The molecular weight excluding hydrogens is 482 g/mol. The minimum atomic E-state index is -1.48. The number of amides is 3. The number of halogens is 3. The highest BCUT2D eigenvalue weighted by Crippen LogP contribution is 2.28. The third-order valence-electron chi connectivity index (χ3n) is 5.97. The van der Waals surface area contributed by atoms with Crippen LogP contribution in [0.2, 0.25) is 5.02 Å². The molecular formula is C24H23ClF2N4O4. The number of primary amides is 1. The zero-order valence-electron chi connectivity index (χ0n) is 18.8. The number of methoxy groups -OCH3 is 1. The van der Waals surface area contributed by atoms with Gasteiger partial charge in [0, 0.05) is 29.1 Å². The van der Waals surface area contributed by atoms with Gasteiger partial charge in [0.05, 0.1) is 31.3 Å². The lowest BCUT2D eigenvalue weighted by Gasteiger charge is -2.26. The SMILES string of the molecule is COc1ccc2c(C(N)=O)cn(CC(=O)N3C[C@H](F)C[C@H]3C(=O)N(F)Cc3cccc(Cl)c3)c2c1. The van der Waals surface area contributed by atoms with Crippen LogP contribution in [0.15, 0.2) is 48.7 Å². The van der Waals surface area contributed by atoms with Gasteiger partial charge in [0.2, 0.25) is 5.91 Å². The van der Waals surface area contributed by atoms with Crippen molar-refractivity contribution in [2.75, 3.05) is 13.7 Å². The molecule has 0 saturated carbocycles. The van der Waals surface area contributed by atoms with Gasteiger partial charge >= 0.3 is 0 Å². The molecule has 2 N–H and O–H groups in total. The highest BCUT2D eigenvalue weighted by molar-refractivity contribution is 6.30. The maximum absolute atomic E-state index is 14.8. The van der Waals surface area contributed by atoms with Gasteiger partial charge in [0.15, 0.2) is 0 Å². The normalized spacial score (nSPS) is 17.5. The number of benzene rings is 2. The Kier molecular flexibility index (Phi) is 6.93. The fourth-order valence-electron chi connectivity index (χ4n) is 4.29. The molecule has 184 valence electrons. The van der Waals surface area contributed by atoms with Crippen molar-refractivity contribution < 1.29 is 28.0 Å². The molecule has 11 heteroatoms. The van der Waals surface area contributed by atoms with Gasteiger partial charge in [-0.1, -0.05) is 28.2 Å². The van der Waals surface area contributed by atoms with Crippen LogP contribution in [0, 0.1) is 0 Å². The van der Waals surface area contributed by atoms with Crippen LogP contribution < -0.4 is 10.5 Å². The summed E-state index contributed by atoms with van der Waals surface area (Å²) in [5.74, 6) is -1.81. The summed E-state index contributed by atoms with van der Waals surface area (Å²) in [6.07, 6.45) is -0.367. The van der Waals surface area contributed by atoms with Crippen LogP contribution >= 0.6 is 11.6 Å². The van der Waals surface area contributed by atoms with Gasteiger partial charge in [-0.05, 0) is 29.8 Å². The van der Waals surface area contributed by atoms with E-state index in [2.05, 4.69) is 0 Å². The molecule has 2 atom stereocenters. The summed E-state index contributed by atoms with van der Waals surface area (Å²) in [6, 6.07) is 9.98. The lowest BCUT2D eigenvalue weighted by atomic mass is 10.1. The summed E-state index contributed by atoms with van der Waals surface area (Å²) in [5.41, 5.74) is 6.62. The number of carbonyl (C=O) groups is 3. The number of alkyl halides is 1. The van der Waals surface area contributed by atoms with Crippen molar-refractivity contribution in [3.8, 4) is 5.75 Å². The molecule has 1 aliphatic heterocycles. The molecule has 1 fully saturated rings. The molecule has 1 aliphatic rings. The Morgan fingerprint density at radius 2 is 2.00 bits per heavy atom. The van der Waals surface area contributed by atoms with Gasteiger partial charge in [-0.25, -0.2) is 4.39 Å². The van der Waals surface area contributed by atoms with Crippen LogP contribution in [0.5, 0.6) is 5.75 Å². The molecule has 3 amide bonds. The first-order chi connectivity index (χ1) is 16.7. The molecule has 3 aromatic rings. The third-order valence-corrected chi connectivity index (χ3v) is 6.20. The quantitative estimate of drug-likeness (QED) is 0.499. The second kappa shape index (κ2) is 9.91. The Hall–Kier alpha value is -3.66. The second-order valence-corrected chi connectivity index (χ2v) is 8.74. The van der Waals surface area contributed by atoms with E-state index in [4.69, 9.17) is 22.1 Å². The molecule has 0 unspecified atom stereocenters. The van der Waals surface area contributed by atoms with Gasteiger partial charge in [-0.2, -0.15) is 5.12 Å². The number of nitrogens with two attached hydrogens (primary N) is 1. The van der Waals surface area contributed by atoms with Crippen LogP contribution in [-0.4, -0.2) is 58.2 Å². The summed E-state index contributed by atoms with van der Waals surface area (Å²) in [5, 5.41) is 0.867. The summed E-state index contributed by atoms with van der Waals surface area (Å²) in [4.78, 5) is 38.9. The summed E-state index contributed by atoms with van der Waals surface area (Å²) < 4.78 is 35.8. The Balaban J connectivity index is 1.56. The van der Waals surface area contributed by atoms with E-state index in [1.165, 1.54) is 23.9 Å². The summed E-state index contributed by atoms with van der Waals surface area (Å²) in [6.45, 7) is -1.04.